The van der Waals surface area contributed by atoms with Gasteiger partial charge in [-0.1, -0.05) is 11.6 Å². The molecule has 0 radical (unpaired) electrons. The van der Waals surface area contributed by atoms with Crippen LogP contribution in [0.15, 0.2) is 24.3 Å². The number of carbonyl (C=O) groups excluding carboxylic acids is 1. The zero-order valence-corrected chi connectivity index (χ0v) is 16.3. The zero-order valence-electron chi connectivity index (χ0n) is 15.4. The first-order chi connectivity index (χ1) is 12.2. The van der Waals surface area contributed by atoms with E-state index in [1.807, 2.05) is 38.1 Å². The zero-order chi connectivity index (χ0) is 18.9. The predicted octanol–water partition coefficient (Wildman–Crippen LogP) is 2.40. The third-order valence-electron chi connectivity index (χ3n) is 4.86. The van der Waals surface area contributed by atoms with Crippen LogP contribution in [0.1, 0.15) is 40.9 Å². The Kier molecular flexibility index (Phi) is 5.29. The standard InChI is InChI=1S/C19H25N3O3S/c1-13-7-8-18-15(10-13)11-17(14(2)21-18)19(23)22-9-5-4-6-16(22)12-20-26(3,24)25/h7-8,10-11,16,20H,4-6,9,12H2,1-3H3/t16-/m0/s1. The third-order valence-corrected chi connectivity index (χ3v) is 5.55. The van der Waals surface area contributed by atoms with Crippen LogP contribution in [0.4, 0.5) is 0 Å². The molecule has 1 aliphatic rings. The van der Waals surface area contributed by atoms with Gasteiger partial charge in [-0.15, -0.1) is 0 Å². The molecular formula is C19H25N3O3S. The van der Waals surface area contributed by atoms with E-state index >= 15 is 0 Å². The summed E-state index contributed by atoms with van der Waals surface area (Å²) in [6.45, 7) is 4.75. The number of nitrogens with zero attached hydrogens (tertiary/aromatic N) is 2. The molecule has 0 bridgehead atoms. The molecule has 1 fully saturated rings. The number of likely N-dealkylation sites (tertiary alicyclic amines) is 1. The number of aromatic nitrogens is 1. The number of fused-ring (bicyclic) bond motifs is 1. The smallest absolute Gasteiger partial charge is 0.256 e. The summed E-state index contributed by atoms with van der Waals surface area (Å²) in [7, 11) is -3.28. The normalized spacial score (nSPS) is 18.3. The van der Waals surface area contributed by atoms with Gasteiger partial charge in [-0.25, -0.2) is 13.1 Å². The van der Waals surface area contributed by atoms with E-state index < -0.39 is 10.0 Å². The van der Waals surface area contributed by atoms with E-state index in [2.05, 4.69) is 9.71 Å². The van der Waals surface area contributed by atoms with Crippen LogP contribution in [-0.4, -0.2) is 49.6 Å². The molecule has 1 saturated heterocycles. The van der Waals surface area contributed by atoms with Crippen molar-refractivity contribution in [2.75, 3.05) is 19.3 Å². The minimum Gasteiger partial charge on any atom is -0.334 e. The van der Waals surface area contributed by atoms with Crippen molar-refractivity contribution in [3.8, 4) is 0 Å². The Labute approximate surface area is 154 Å². The maximum Gasteiger partial charge on any atom is 0.256 e. The number of pyridine rings is 1. The van der Waals surface area contributed by atoms with Gasteiger partial charge in [-0.05, 0) is 51.3 Å². The Morgan fingerprint density at radius 2 is 2.04 bits per heavy atom. The van der Waals surface area contributed by atoms with Crippen molar-refractivity contribution in [3.05, 3.63) is 41.1 Å². The van der Waals surface area contributed by atoms with E-state index in [1.54, 1.807) is 4.90 Å². The molecule has 0 saturated carbocycles. The third kappa shape index (κ3) is 4.22. The maximum absolute atomic E-state index is 13.2. The quantitative estimate of drug-likeness (QED) is 0.890. The second-order valence-electron chi connectivity index (χ2n) is 7.09. The lowest BCUT2D eigenvalue weighted by molar-refractivity contribution is 0.0617. The lowest BCUT2D eigenvalue weighted by Crippen LogP contribution is -2.49. The van der Waals surface area contributed by atoms with Crippen molar-refractivity contribution in [1.29, 1.82) is 0 Å². The molecule has 1 amide bonds. The summed E-state index contributed by atoms with van der Waals surface area (Å²) >= 11 is 0. The topological polar surface area (TPSA) is 79.4 Å². The molecule has 0 spiro atoms. The second-order valence-corrected chi connectivity index (χ2v) is 8.92. The Bertz CT molecular complexity index is 940. The number of piperidine rings is 1. The van der Waals surface area contributed by atoms with Crippen LogP contribution in [0.25, 0.3) is 10.9 Å². The van der Waals surface area contributed by atoms with Gasteiger partial charge in [-0.3, -0.25) is 9.78 Å². The molecule has 1 aromatic carbocycles. The number of carbonyl (C=O) groups is 1. The fourth-order valence-corrected chi connectivity index (χ4v) is 3.99. The molecular weight excluding hydrogens is 350 g/mol. The van der Waals surface area contributed by atoms with Gasteiger partial charge in [0, 0.05) is 24.5 Å². The average molecular weight is 375 g/mol. The highest BCUT2D eigenvalue weighted by molar-refractivity contribution is 7.88. The number of nitrogens with one attached hydrogen (secondary N) is 1. The summed E-state index contributed by atoms with van der Waals surface area (Å²) in [5.41, 5.74) is 3.29. The lowest BCUT2D eigenvalue weighted by atomic mass is 10.00. The highest BCUT2D eigenvalue weighted by Crippen LogP contribution is 2.23. The van der Waals surface area contributed by atoms with Crippen molar-refractivity contribution < 1.29 is 13.2 Å². The van der Waals surface area contributed by atoms with E-state index in [0.717, 1.165) is 42.0 Å². The first-order valence-corrected chi connectivity index (χ1v) is 10.8. The van der Waals surface area contributed by atoms with Crippen LogP contribution in [-0.2, 0) is 10.0 Å². The van der Waals surface area contributed by atoms with Gasteiger partial charge in [0.2, 0.25) is 10.0 Å². The molecule has 1 aromatic heterocycles. The summed E-state index contributed by atoms with van der Waals surface area (Å²) in [5, 5.41) is 0.946. The molecule has 1 N–H and O–H groups in total. The SMILES string of the molecule is Cc1ccc2nc(C)c(C(=O)N3CCCC[C@H]3CNS(C)(=O)=O)cc2c1. The summed E-state index contributed by atoms with van der Waals surface area (Å²) in [6, 6.07) is 7.78. The van der Waals surface area contributed by atoms with Crippen LogP contribution < -0.4 is 4.72 Å². The van der Waals surface area contributed by atoms with Gasteiger partial charge >= 0.3 is 0 Å². The maximum atomic E-state index is 13.2. The van der Waals surface area contributed by atoms with Crippen LogP contribution in [0.5, 0.6) is 0 Å². The van der Waals surface area contributed by atoms with Gasteiger partial charge in [0.25, 0.3) is 5.91 Å². The Hall–Kier alpha value is -1.99. The van der Waals surface area contributed by atoms with E-state index in [-0.39, 0.29) is 18.5 Å². The first kappa shape index (κ1) is 18.8. The number of sulfonamides is 1. The number of rotatable bonds is 4. The van der Waals surface area contributed by atoms with Crippen LogP contribution in [0.2, 0.25) is 0 Å². The van der Waals surface area contributed by atoms with E-state index in [1.165, 1.54) is 0 Å². The van der Waals surface area contributed by atoms with Crippen molar-refractivity contribution in [2.24, 2.45) is 0 Å². The summed E-state index contributed by atoms with van der Waals surface area (Å²) in [6.07, 6.45) is 3.86. The molecule has 1 aliphatic heterocycles. The second kappa shape index (κ2) is 7.32. The van der Waals surface area contributed by atoms with E-state index in [9.17, 15) is 13.2 Å². The van der Waals surface area contributed by atoms with Gasteiger partial charge in [0.05, 0.1) is 23.0 Å². The summed E-state index contributed by atoms with van der Waals surface area (Å²) in [4.78, 5) is 19.6. The van der Waals surface area contributed by atoms with Gasteiger partial charge in [0.15, 0.2) is 0 Å². The fraction of sp³-hybridized carbons (Fsp3) is 0.474. The largest absolute Gasteiger partial charge is 0.334 e. The monoisotopic (exact) mass is 375 g/mol. The number of amides is 1. The van der Waals surface area contributed by atoms with Gasteiger partial charge in [0.1, 0.15) is 0 Å². The highest BCUT2D eigenvalue weighted by atomic mass is 32.2. The molecule has 140 valence electrons. The van der Waals surface area contributed by atoms with Crippen molar-refractivity contribution >= 4 is 26.8 Å². The number of aryl methyl sites for hydroxylation is 2. The predicted molar refractivity (Wildman–Crippen MR) is 103 cm³/mol. The molecule has 3 rings (SSSR count). The van der Waals surface area contributed by atoms with Crippen LogP contribution >= 0.6 is 0 Å². The minimum absolute atomic E-state index is 0.0709. The Morgan fingerprint density at radius 1 is 1.27 bits per heavy atom. The van der Waals surface area contributed by atoms with Crippen LogP contribution in [0, 0.1) is 13.8 Å². The molecule has 0 aliphatic carbocycles. The van der Waals surface area contributed by atoms with Crippen molar-refractivity contribution in [1.82, 2.24) is 14.6 Å². The van der Waals surface area contributed by atoms with E-state index in [0.29, 0.717) is 17.8 Å². The minimum atomic E-state index is -3.28. The highest BCUT2D eigenvalue weighted by Gasteiger charge is 2.29. The molecule has 2 aromatic rings. The molecule has 7 heteroatoms. The Balaban J connectivity index is 1.90. The fourth-order valence-electron chi connectivity index (χ4n) is 3.49. The molecule has 6 nitrogen and oxygen atoms in total. The molecule has 1 atom stereocenters. The van der Waals surface area contributed by atoms with Gasteiger partial charge < -0.3 is 4.90 Å². The molecule has 26 heavy (non-hydrogen) atoms. The van der Waals surface area contributed by atoms with E-state index in [4.69, 9.17) is 0 Å². The number of hydrogen-bond acceptors (Lipinski definition) is 4. The number of hydrogen-bond donors (Lipinski definition) is 1. The number of benzene rings is 1. The Morgan fingerprint density at radius 3 is 2.77 bits per heavy atom. The van der Waals surface area contributed by atoms with Crippen molar-refractivity contribution in [2.45, 2.75) is 39.2 Å². The summed E-state index contributed by atoms with van der Waals surface area (Å²) in [5.74, 6) is -0.0709. The van der Waals surface area contributed by atoms with Crippen LogP contribution in [0.3, 0.4) is 0 Å². The molecule has 2 heterocycles. The summed E-state index contributed by atoms with van der Waals surface area (Å²) < 4.78 is 25.4. The van der Waals surface area contributed by atoms with Gasteiger partial charge in [-0.2, -0.15) is 0 Å². The lowest BCUT2D eigenvalue weighted by Gasteiger charge is -2.36. The van der Waals surface area contributed by atoms with Crippen molar-refractivity contribution in [3.63, 3.8) is 0 Å². The first-order valence-electron chi connectivity index (χ1n) is 8.88. The average Bonchev–Trinajstić information content (AvgIpc) is 2.59. The molecule has 0 unspecified atom stereocenters.